The van der Waals surface area contributed by atoms with Crippen LogP contribution in [-0.2, 0) is 4.74 Å². The summed E-state index contributed by atoms with van der Waals surface area (Å²) in [4.78, 5) is 0. The highest BCUT2D eigenvalue weighted by molar-refractivity contribution is 5.56. The van der Waals surface area contributed by atoms with E-state index in [0.717, 1.165) is 0 Å². The molecule has 0 aliphatic rings. The molecule has 1 aromatic rings. The van der Waals surface area contributed by atoms with E-state index in [4.69, 9.17) is 20.5 Å². The summed E-state index contributed by atoms with van der Waals surface area (Å²) >= 11 is 0. The predicted molar refractivity (Wildman–Crippen MR) is 62.2 cm³/mol. The maximum atomic E-state index is 8.68. The number of ether oxygens (including phenoxy) is 2. The normalized spacial score (nSPS) is 11.8. The van der Waals surface area contributed by atoms with E-state index in [1.807, 2.05) is 19.9 Å². The highest BCUT2D eigenvalue weighted by Gasteiger charge is 2.07. The zero-order valence-corrected chi connectivity index (χ0v) is 9.56. The van der Waals surface area contributed by atoms with Crippen molar-refractivity contribution in [2.45, 2.75) is 20.0 Å². The van der Waals surface area contributed by atoms with E-state index in [2.05, 4.69) is 0 Å². The molecule has 2 N–H and O–H groups in total. The van der Waals surface area contributed by atoms with Gasteiger partial charge in [-0.3, -0.25) is 0 Å². The third-order valence-corrected chi connectivity index (χ3v) is 2.02. The predicted octanol–water partition coefficient (Wildman–Crippen LogP) is 1.94. The molecule has 0 aliphatic carbocycles. The molecule has 16 heavy (non-hydrogen) atoms. The summed E-state index contributed by atoms with van der Waals surface area (Å²) in [7, 11) is 0. The first-order valence-electron chi connectivity index (χ1n) is 5.21. The molecule has 1 rings (SSSR count). The molecular weight excluding hydrogens is 204 g/mol. The second-order valence-electron chi connectivity index (χ2n) is 3.45. The van der Waals surface area contributed by atoms with Crippen LogP contribution < -0.4 is 10.5 Å². The number of hydrogen-bond donors (Lipinski definition) is 1. The van der Waals surface area contributed by atoms with Gasteiger partial charge in [0.2, 0.25) is 0 Å². The van der Waals surface area contributed by atoms with Crippen LogP contribution in [0.1, 0.15) is 19.4 Å². The first kappa shape index (κ1) is 12.3. The molecule has 1 atom stereocenters. The minimum absolute atomic E-state index is 0.0600. The Bertz CT molecular complexity index is 385. The molecule has 4 heteroatoms. The van der Waals surface area contributed by atoms with Gasteiger partial charge in [0, 0.05) is 6.61 Å². The molecule has 0 spiro atoms. The van der Waals surface area contributed by atoms with Crippen LogP contribution in [0, 0.1) is 11.3 Å². The second-order valence-corrected chi connectivity index (χ2v) is 3.45. The summed E-state index contributed by atoms with van der Waals surface area (Å²) in [6, 6.07) is 7.01. The summed E-state index contributed by atoms with van der Waals surface area (Å²) in [6.45, 7) is 5.03. The van der Waals surface area contributed by atoms with Crippen molar-refractivity contribution >= 4 is 5.69 Å². The summed E-state index contributed by atoms with van der Waals surface area (Å²) in [5.74, 6) is 0.589. The van der Waals surface area contributed by atoms with E-state index in [-0.39, 0.29) is 6.10 Å². The first-order chi connectivity index (χ1) is 7.67. The van der Waals surface area contributed by atoms with Gasteiger partial charge in [0.1, 0.15) is 11.9 Å². The molecule has 86 valence electrons. The quantitative estimate of drug-likeness (QED) is 0.770. The summed E-state index contributed by atoms with van der Waals surface area (Å²) in [5.41, 5.74) is 6.76. The Hall–Kier alpha value is -1.73. The molecule has 0 heterocycles. The monoisotopic (exact) mass is 220 g/mol. The van der Waals surface area contributed by atoms with Gasteiger partial charge in [-0.05, 0) is 32.0 Å². The number of nitrogens with two attached hydrogens (primary N) is 1. The van der Waals surface area contributed by atoms with Crippen molar-refractivity contribution in [2.75, 3.05) is 18.9 Å². The molecule has 0 radical (unpaired) electrons. The van der Waals surface area contributed by atoms with Crippen molar-refractivity contribution in [1.82, 2.24) is 0 Å². The maximum Gasteiger partial charge on any atom is 0.142 e. The van der Waals surface area contributed by atoms with Crippen LogP contribution >= 0.6 is 0 Å². The molecule has 0 fully saturated rings. The molecule has 0 amide bonds. The first-order valence-corrected chi connectivity index (χ1v) is 5.21. The number of anilines is 1. The highest BCUT2D eigenvalue weighted by atomic mass is 16.5. The second kappa shape index (κ2) is 5.99. The van der Waals surface area contributed by atoms with Crippen LogP contribution in [0.2, 0.25) is 0 Å². The third-order valence-electron chi connectivity index (χ3n) is 2.02. The van der Waals surface area contributed by atoms with Gasteiger partial charge in [-0.1, -0.05) is 0 Å². The Morgan fingerprint density at radius 3 is 2.81 bits per heavy atom. The van der Waals surface area contributed by atoms with Gasteiger partial charge in [0.25, 0.3) is 0 Å². The molecule has 0 bridgehead atoms. The molecular formula is C12H16N2O2. The number of benzene rings is 1. The lowest BCUT2D eigenvalue weighted by molar-refractivity contribution is 0.0661. The topological polar surface area (TPSA) is 68.3 Å². The van der Waals surface area contributed by atoms with Crippen LogP contribution in [0.4, 0.5) is 5.69 Å². The number of hydrogen-bond acceptors (Lipinski definition) is 4. The van der Waals surface area contributed by atoms with E-state index >= 15 is 0 Å². The van der Waals surface area contributed by atoms with Crippen LogP contribution in [0.15, 0.2) is 18.2 Å². The minimum atomic E-state index is -0.0600. The van der Waals surface area contributed by atoms with Gasteiger partial charge in [0.15, 0.2) is 0 Å². The third kappa shape index (κ3) is 3.44. The van der Waals surface area contributed by atoms with E-state index in [0.29, 0.717) is 30.2 Å². The number of nitriles is 1. The Kier molecular flexibility index (Phi) is 4.62. The number of nitrogens with zero attached hydrogens (tertiary/aromatic N) is 1. The smallest absolute Gasteiger partial charge is 0.142 e. The summed E-state index contributed by atoms with van der Waals surface area (Å²) in [5, 5.41) is 8.68. The fourth-order valence-electron chi connectivity index (χ4n) is 1.26. The molecule has 0 saturated carbocycles. The average molecular weight is 220 g/mol. The van der Waals surface area contributed by atoms with Crippen LogP contribution in [-0.4, -0.2) is 19.3 Å². The SMILES string of the molecule is CCOCC(C)Oc1ccc(C#N)cc1N. The van der Waals surface area contributed by atoms with Gasteiger partial charge in [0.05, 0.1) is 23.9 Å². The fraction of sp³-hybridized carbons (Fsp3) is 0.417. The van der Waals surface area contributed by atoms with Gasteiger partial charge in [-0.15, -0.1) is 0 Å². The lowest BCUT2D eigenvalue weighted by Gasteiger charge is -2.15. The molecule has 4 nitrogen and oxygen atoms in total. The van der Waals surface area contributed by atoms with Crippen molar-refractivity contribution in [3.05, 3.63) is 23.8 Å². The van der Waals surface area contributed by atoms with Crippen molar-refractivity contribution in [2.24, 2.45) is 0 Å². The van der Waals surface area contributed by atoms with Gasteiger partial charge < -0.3 is 15.2 Å². The van der Waals surface area contributed by atoms with Gasteiger partial charge in [-0.25, -0.2) is 0 Å². The summed E-state index contributed by atoms with van der Waals surface area (Å²) in [6.07, 6.45) is -0.0600. The van der Waals surface area contributed by atoms with Crippen LogP contribution in [0.5, 0.6) is 5.75 Å². The zero-order valence-electron chi connectivity index (χ0n) is 9.56. The zero-order chi connectivity index (χ0) is 12.0. The molecule has 0 aliphatic heterocycles. The lowest BCUT2D eigenvalue weighted by Crippen LogP contribution is -2.19. The van der Waals surface area contributed by atoms with Gasteiger partial charge in [-0.2, -0.15) is 5.26 Å². The van der Waals surface area contributed by atoms with E-state index in [9.17, 15) is 0 Å². The Morgan fingerprint density at radius 1 is 1.50 bits per heavy atom. The van der Waals surface area contributed by atoms with Crippen molar-refractivity contribution in [3.63, 3.8) is 0 Å². The van der Waals surface area contributed by atoms with E-state index < -0.39 is 0 Å². The standard InChI is InChI=1S/C12H16N2O2/c1-3-15-8-9(2)16-12-5-4-10(7-13)6-11(12)14/h4-6,9H,3,8,14H2,1-2H3. The summed E-state index contributed by atoms with van der Waals surface area (Å²) < 4.78 is 10.8. The molecule has 0 aromatic heterocycles. The molecule has 1 unspecified atom stereocenters. The van der Waals surface area contributed by atoms with Crippen LogP contribution in [0.25, 0.3) is 0 Å². The average Bonchev–Trinajstić information content (AvgIpc) is 2.29. The van der Waals surface area contributed by atoms with E-state index in [1.165, 1.54) is 0 Å². The highest BCUT2D eigenvalue weighted by Crippen LogP contribution is 2.23. The number of rotatable bonds is 5. The van der Waals surface area contributed by atoms with Crippen LogP contribution in [0.3, 0.4) is 0 Å². The van der Waals surface area contributed by atoms with Crippen molar-refractivity contribution in [1.29, 1.82) is 5.26 Å². The largest absolute Gasteiger partial charge is 0.486 e. The molecule has 0 saturated heterocycles. The van der Waals surface area contributed by atoms with Crippen molar-refractivity contribution < 1.29 is 9.47 Å². The molecule has 1 aromatic carbocycles. The fourth-order valence-corrected chi connectivity index (χ4v) is 1.26. The Morgan fingerprint density at radius 2 is 2.25 bits per heavy atom. The Balaban J connectivity index is 2.64. The maximum absolute atomic E-state index is 8.68. The number of nitrogen functional groups attached to an aromatic ring is 1. The minimum Gasteiger partial charge on any atom is -0.486 e. The Labute approximate surface area is 95.6 Å². The van der Waals surface area contributed by atoms with E-state index in [1.54, 1.807) is 18.2 Å². The lowest BCUT2D eigenvalue weighted by atomic mass is 10.2. The van der Waals surface area contributed by atoms with Crippen molar-refractivity contribution in [3.8, 4) is 11.8 Å². The van der Waals surface area contributed by atoms with Gasteiger partial charge >= 0.3 is 0 Å².